The lowest BCUT2D eigenvalue weighted by molar-refractivity contribution is -0.138. The lowest BCUT2D eigenvalue weighted by Crippen LogP contribution is -2.10. The van der Waals surface area contributed by atoms with Gasteiger partial charge in [0.2, 0.25) is 6.79 Å². The second-order valence-electron chi connectivity index (χ2n) is 5.91. The average Bonchev–Trinajstić information content (AvgIpc) is 3.36. The third kappa shape index (κ3) is 4.01. The average molecular weight is 455 g/mol. The van der Waals surface area contributed by atoms with E-state index in [-0.39, 0.29) is 23.3 Å². The first-order valence-corrected chi connectivity index (χ1v) is 10.4. The predicted octanol–water partition coefficient (Wildman–Crippen LogP) is 6.37. The highest BCUT2D eigenvalue weighted by molar-refractivity contribution is 7.98. The summed E-state index contributed by atoms with van der Waals surface area (Å²) < 4.78 is 51.3. The van der Waals surface area contributed by atoms with Crippen molar-refractivity contribution in [3.05, 3.63) is 57.4 Å². The van der Waals surface area contributed by atoms with E-state index in [4.69, 9.17) is 21.1 Å². The van der Waals surface area contributed by atoms with E-state index in [2.05, 4.69) is 4.98 Å². The lowest BCUT2D eigenvalue weighted by Gasteiger charge is -2.14. The molecular weight excluding hydrogens is 445 g/mol. The number of aromatic nitrogens is 1. The molecule has 29 heavy (non-hydrogen) atoms. The van der Waals surface area contributed by atoms with Crippen molar-refractivity contribution in [2.45, 2.75) is 17.0 Å². The molecule has 1 aliphatic heterocycles. The number of benzene rings is 1. The van der Waals surface area contributed by atoms with Gasteiger partial charge < -0.3 is 9.47 Å². The van der Waals surface area contributed by atoms with E-state index >= 15 is 0 Å². The van der Waals surface area contributed by atoms with Crippen LogP contribution in [0.2, 0.25) is 5.02 Å². The Hall–Kier alpha value is -2.41. The number of hydrogen-bond acceptors (Lipinski definition) is 6. The van der Waals surface area contributed by atoms with Gasteiger partial charge in [0.05, 0.1) is 21.7 Å². The number of nitrogens with zero attached hydrogens (tertiary/aromatic N) is 2. The number of alkyl halides is 3. The van der Waals surface area contributed by atoms with Crippen molar-refractivity contribution in [3.63, 3.8) is 0 Å². The fourth-order valence-corrected chi connectivity index (χ4v) is 4.70. The van der Waals surface area contributed by atoms with Crippen molar-refractivity contribution in [2.24, 2.45) is 0 Å². The van der Waals surface area contributed by atoms with Gasteiger partial charge in [-0.25, -0.2) is 4.98 Å². The van der Waals surface area contributed by atoms with Crippen LogP contribution in [0.25, 0.3) is 10.6 Å². The highest BCUT2D eigenvalue weighted by Crippen LogP contribution is 2.41. The zero-order valence-corrected chi connectivity index (χ0v) is 16.8. The number of thiophene rings is 1. The monoisotopic (exact) mass is 454 g/mol. The maximum absolute atomic E-state index is 13.6. The number of ether oxygens (including phenoxy) is 2. The number of pyridine rings is 1. The lowest BCUT2D eigenvalue weighted by atomic mass is 10.1. The van der Waals surface area contributed by atoms with Crippen LogP contribution in [0.1, 0.15) is 16.7 Å². The van der Waals surface area contributed by atoms with Crippen molar-refractivity contribution in [2.75, 3.05) is 6.79 Å². The van der Waals surface area contributed by atoms with E-state index in [1.54, 1.807) is 35.7 Å². The third-order valence-corrected chi connectivity index (χ3v) is 6.35. The molecule has 3 aromatic rings. The Balaban J connectivity index is 1.73. The second-order valence-corrected chi connectivity index (χ2v) is 8.23. The summed E-state index contributed by atoms with van der Waals surface area (Å²) in [6.07, 6.45) is -4.67. The van der Waals surface area contributed by atoms with Crippen LogP contribution in [0.15, 0.2) is 40.7 Å². The van der Waals surface area contributed by atoms with Crippen LogP contribution < -0.4 is 9.47 Å². The summed E-state index contributed by atoms with van der Waals surface area (Å²) in [5.74, 6) is 1.24. The fourth-order valence-electron chi connectivity index (χ4n) is 2.72. The van der Waals surface area contributed by atoms with Gasteiger partial charge in [0.15, 0.2) is 11.5 Å². The van der Waals surface area contributed by atoms with Crippen molar-refractivity contribution < 1.29 is 22.6 Å². The molecule has 0 spiro atoms. The Morgan fingerprint density at radius 3 is 2.66 bits per heavy atom. The SMILES string of the molecule is N#Cc1c(C(F)(F)F)cc(-c2cccs2)nc1SCc1cc2c(cc1Cl)OCO2. The molecule has 10 heteroatoms. The number of halogens is 4. The molecule has 0 N–H and O–H groups in total. The Bertz CT molecular complexity index is 1110. The van der Waals surface area contributed by atoms with Gasteiger partial charge >= 0.3 is 6.18 Å². The van der Waals surface area contributed by atoms with Gasteiger partial charge in [0, 0.05) is 16.8 Å². The standard InChI is InChI=1S/C19H10ClF3N2O2S2/c20-13-6-16-15(26-9-27-16)4-10(13)8-29-18-11(7-24)12(19(21,22)23)5-14(25-18)17-2-1-3-28-17/h1-6H,8-9H2. The predicted molar refractivity (Wildman–Crippen MR) is 104 cm³/mol. The summed E-state index contributed by atoms with van der Waals surface area (Å²) in [6.45, 7) is 0.0835. The molecule has 148 valence electrons. The molecule has 4 rings (SSSR count). The zero-order valence-electron chi connectivity index (χ0n) is 14.4. The van der Waals surface area contributed by atoms with Crippen LogP contribution in [0, 0.1) is 11.3 Å². The van der Waals surface area contributed by atoms with Crippen LogP contribution in [0.5, 0.6) is 11.5 Å². The summed E-state index contributed by atoms with van der Waals surface area (Å²) in [7, 11) is 0. The summed E-state index contributed by atoms with van der Waals surface area (Å²) >= 11 is 8.54. The molecule has 4 nitrogen and oxygen atoms in total. The summed E-state index contributed by atoms with van der Waals surface area (Å²) in [4.78, 5) is 4.92. The zero-order chi connectivity index (χ0) is 20.6. The number of thioether (sulfide) groups is 1. The smallest absolute Gasteiger partial charge is 0.417 e. The van der Waals surface area contributed by atoms with Gasteiger partial charge in [0.1, 0.15) is 11.1 Å². The second kappa shape index (κ2) is 7.78. The van der Waals surface area contributed by atoms with Crippen LogP contribution >= 0.6 is 34.7 Å². The van der Waals surface area contributed by atoms with Crippen molar-refractivity contribution in [1.82, 2.24) is 4.98 Å². The summed E-state index contributed by atoms with van der Waals surface area (Å²) in [6, 6.07) is 9.27. The molecule has 1 aromatic carbocycles. The normalized spacial score (nSPS) is 12.8. The number of rotatable bonds is 4. The molecule has 0 atom stereocenters. The van der Waals surface area contributed by atoms with Gasteiger partial charge in [-0.05, 0) is 29.1 Å². The molecule has 3 heterocycles. The van der Waals surface area contributed by atoms with Crippen LogP contribution in [-0.4, -0.2) is 11.8 Å². The minimum Gasteiger partial charge on any atom is -0.454 e. The van der Waals surface area contributed by atoms with Gasteiger partial charge in [-0.3, -0.25) is 0 Å². The van der Waals surface area contributed by atoms with E-state index in [0.717, 1.165) is 17.8 Å². The topological polar surface area (TPSA) is 55.1 Å². The van der Waals surface area contributed by atoms with Crippen LogP contribution in [0.3, 0.4) is 0 Å². The van der Waals surface area contributed by atoms with E-state index in [1.165, 1.54) is 11.3 Å². The summed E-state index contributed by atoms with van der Waals surface area (Å²) in [5, 5.41) is 11.5. The minimum absolute atomic E-state index is 0.000501. The molecule has 0 aliphatic carbocycles. The molecule has 0 amide bonds. The minimum atomic E-state index is -4.67. The van der Waals surface area contributed by atoms with E-state index in [0.29, 0.717) is 27.0 Å². The first kappa shape index (κ1) is 19.9. The van der Waals surface area contributed by atoms with Crippen molar-refractivity contribution >= 4 is 34.7 Å². The quantitative estimate of drug-likeness (QED) is 0.428. The van der Waals surface area contributed by atoms with Crippen LogP contribution in [0.4, 0.5) is 13.2 Å². The number of hydrogen-bond donors (Lipinski definition) is 0. The molecule has 0 saturated heterocycles. The number of nitriles is 1. The molecule has 0 fully saturated rings. The maximum Gasteiger partial charge on any atom is 0.417 e. The van der Waals surface area contributed by atoms with E-state index < -0.39 is 17.3 Å². The van der Waals surface area contributed by atoms with Crippen molar-refractivity contribution in [3.8, 4) is 28.1 Å². The fraction of sp³-hybridized carbons (Fsp3) is 0.158. The molecule has 0 radical (unpaired) electrons. The highest BCUT2D eigenvalue weighted by atomic mass is 35.5. The van der Waals surface area contributed by atoms with Crippen molar-refractivity contribution in [1.29, 1.82) is 5.26 Å². The van der Waals surface area contributed by atoms with E-state index in [9.17, 15) is 18.4 Å². The summed E-state index contributed by atoms with van der Waals surface area (Å²) in [5.41, 5.74) is -0.690. The molecule has 0 unspecified atom stereocenters. The molecule has 1 aliphatic rings. The Morgan fingerprint density at radius 1 is 1.24 bits per heavy atom. The molecule has 0 bridgehead atoms. The third-order valence-electron chi connectivity index (χ3n) is 4.08. The maximum atomic E-state index is 13.6. The van der Waals surface area contributed by atoms with Gasteiger partial charge in [-0.1, -0.05) is 17.7 Å². The molecule has 2 aromatic heterocycles. The van der Waals surface area contributed by atoms with Gasteiger partial charge in [-0.2, -0.15) is 18.4 Å². The first-order chi connectivity index (χ1) is 13.9. The molecule has 0 saturated carbocycles. The Labute approximate surface area is 176 Å². The van der Waals surface area contributed by atoms with Crippen LogP contribution in [-0.2, 0) is 11.9 Å². The largest absolute Gasteiger partial charge is 0.454 e. The first-order valence-electron chi connectivity index (χ1n) is 8.14. The number of fused-ring (bicyclic) bond motifs is 1. The van der Waals surface area contributed by atoms with Gasteiger partial charge in [-0.15, -0.1) is 23.1 Å². The Morgan fingerprint density at radius 2 is 2.00 bits per heavy atom. The van der Waals surface area contributed by atoms with Gasteiger partial charge in [0.25, 0.3) is 0 Å². The molecular formula is C19H10ClF3N2O2S2. The van der Waals surface area contributed by atoms with E-state index in [1.807, 2.05) is 0 Å². The highest BCUT2D eigenvalue weighted by Gasteiger charge is 2.36. The Kier molecular flexibility index (Phi) is 5.34.